The maximum absolute atomic E-state index is 4.53. The fourth-order valence-electron chi connectivity index (χ4n) is 1.36. The lowest BCUT2D eigenvalue weighted by Crippen LogP contribution is -2.29. The summed E-state index contributed by atoms with van der Waals surface area (Å²) >= 11 is 1.90. The zero-order valence-corrected chi connectivity index (χ0v) is 9.49. The summed E-state index contributed by atoms with van der Waals surface area (Å²) in [6.07, 6.45) is 7.22. The molecule has 0 aromatic rings. The highest BCUT2D eigenvalue weighted by atomic mass is 32.2. The Kier molecular flexibility index (Phi) is 5.28. The van der Waals surface area contributed by atoms with Crippen molar-refractivity contribution in [3.8, 4) is 0 Å². The molecule has 0 saturated carbocycles. The third kappa shape index (κ3) is 4.55. The topological polar surface area (TPSA) is 24.4 Å². The molecule has 76 valence electrons. The van der Waals surface area contributed by atoms with Crippen LogP contribution in [0, 0.1) is 0 Å². The lowest BCUT2D eigenvalue weighted by Gasteiger charge is -2.12. The van der Waals surface area contributed by atoms with E-state index in [0.717, 1.165) is 19.5 Å². The minimum atomic E-state index is 0.686. The van der Waals surface area contributed by atoms with Crippen molar-refractivity contribution in [1.82, 2.24) is 5.32 Å². The van der Waals surface area contributed by atoms with E-state index in [1.54, 1.807) is 0 Å². The second-order valence-corrected chi connectivity index (χ2v) is 4.84. The molecule has 0 radical (unpaired) electrons. The van der Waals surface area contributed by atoms with E-state index >= 15 is 0 Å². The lowest BCUT2D eigenvalue weighted by molar-refractivity contribution is 0.727. The molecule has 1 aliphatic rings. The van der Waals surface area contributed by atoms with Crippen LogP contribution in [0.5, 0.6) is 0 Å². The fraction of sp³-hybridized carbons (Fsp3) is 0.900. The molecule has 1 N–H and O–H groups in total. The number of aliphatic imine (C=N–C) groups is 1. The Bertz CT molecular complexity index is 168. The zero-order chi connectivity index (χ0) is 9.52. The van der Waals surface area contributed by atoms with Crippen LogP contribution in [0.25, 0.3) is 0 Å². The highest BCUT2D eigenvalue weighted by Crippen LogP contribution is 2.07. The molecule has 1 atom stereocenters. The predicted octanol–water partition coefficient (Wildman–Crippen LogP) is 2.30. The van der Waals surface area contributed by atoms with Crippen LogP contribution in [-0.2, 0) is 0 Å². The molecule has 2 nitrogen and oxygen atoms in total. The molecule has 3 heteroatoms. The van der Waals surface area contributed by atoms with Crippen molar-refractivity contribution in [3.05, 3.63) is 0 Å². The monoisotopic (exact) mass is 200 g/mol. The van der Waals surface area contributed by atoms with Gasteiger partial charge < -0.3 is 5.32 Å². The van der Waals surface area contributed by atoms with Crippen molar-refractivity contribution in [2.24, 2.45) is 4.99 Å². The van der Waals surface area contributed by atoms with Gasteiger partial charge in [0.1, 0.15) is 0 Å². The summed E-state index contributed by atoms with van der Waals surface area (Å²) in [6.45, 7) is 4.32. The van der Waals surface area contributed by atoms with Crippen molar-refractivity contribution in [2.45, 2.75) is 37.9 Å². The molecule has 0 saturated heterocycles. The van der Waals surface area contributed by atoms with Crippen molar-refractivity contribution in [2.75, 3.05) is 19.3 Å². The van der Waals surface area contributed by atoms with Gasteiger partial charge in [-0.2, -0.15) is 11.8 Å². The largest absolute Gasteiger partial charge is 0.373 e. The van der Waals surface area contributed by atoms with E-state index < -0.39 is 0 Å². The molecule has 0 aromatic carbocycles. The summed E-state index contributed by atoms with van der Waals surface area (Å²) in [4.78, 5) is 4.53. The van der Waals surface area contributed by atoms with Crippen LogP contribution in [0.4, 0.5) is 0 Å². The van der Waals surface area contributed by atoms with Gasteiger partial charge in [0.15, 0.2) is 0 Å². The SMILES string of the molecule is CSC(C)CNC1=NCCCCC1. The average Bonchev–Trinajstić information content (AvgIpc) is 2.42. The maximum Gasteiger partial charge on any atom is 0.0963 e. The van der Waals surface area contributed by atoms with Gasteiger partial charge in [0.25, 0.3) is 0 Å². The van der Waals surface area contributed by atoms with Crippen LogP contribution < -0.4 is 5.32 Å². The van der Waals surface area contributed by atoms with Crippen molar-refractivity contribution in [3.63, 3.8) is 0 Å². The molecular weight excluding hydrogens is 180 g/mol. The Morgan fingerprint density at radius 2 is 2.31 bits per heavy atom. The molecule has 0 bridgehead atoms. The molecule has 1 heterocycles. The van der Waals surface area contributed by atoms with Crippen LogP contribution in [0.2, 0.25) is 0 Å². The van der Waals surface area contributed by atoms with Crippen LogP contribution in [0.15, 0.2) is 4.99 Å². The van der Waals surface area contributed by atoms with E-state index in [9.17, 15) is 0 Å². The van der Waals surface area contributed by atoms with E-state index in [1.807, 2.05) is 11.8 Å². The average molecular weight is 200 g/mol. The summed E-state index contributed by atoms with van der Waals surface area (Å²) in [7, 11) is 0. The van der Waals surface area contributed by atoms with Gasteiger partial charge in [0.2, 0.25) is 0 Å². The minimum absolute atomic E-state index is 0.686. The molecule has 0 spiro atoms. The fourth-order valence-corrected chi connectivity index (χ4v) is 1.61. The number of nitrogens with zero attached hydrogens (tertiary/aromatic N) is 1. The molecule has 0 fully saturated rings. The summed E-state index contributed by atoms with van der Waals surface area (Å²) in [5.41, 5.74) is 0. The molecule has 13 heavy (non-hydrogen) atoms. The number of rotatable bonds is 3. The van der Waals surface area contributed by atoms with Crippen molar-refractivity contribution in [1.29, 1.82) is 0 Å². The van der Waals surface area contributed by atoms with Crippen LogP contribution in [0.1, 0.15) is 32.6 Å². The first kappa shape index (κ1) is 10.9. The number of nitrogens with one attached hydrogen (secondary N) is 1. The Morgan fingerprint density at radius 3 is 3.08 bits per heavy atom. The van der Waals surface area contributed by atoms with Crippen LogP contribution >= 0.6 is 11.8 Å². The first-order valence-electron chi connectivity index (χ1n) is 5.13. The van der Waals surface area contributed by atoms with Gasteiger partial charge in [-0.05, 0) is 19.1 Å². The number of hydrogen-bond acceptors (Lipinski definition) is 3. The molecule has 0 amide bonds. The van der Waals surface area contributed by atoms with Crippen LogP contribution in [-0.4, -0.2) is 30.4 Å². The number of amidine groups is 1. The summed E-state index contributed by atoms with van der Waals surface area (Å²) in [5, 5.41) is 4.13. The van der Waals surface area contributed by atoms with E-state index in [-0.39, 0.29) is 0 Å². The molecule has 0 aliphatic carbocycles. The number of hydrogen-bond donors (Lipinski definition) is 1. The lowest BCUT2D eigenvalue weighted by atomic mass is 10.2. The van der Waals surface area contributed by atoms with Gasteiger partial charge in [-0.1, -0.05) is 13.3 Å². The minimum Gasteiger partial charge on any atom is -0.373 e. The van der Waals surface area contributed by atoms with E-state index in [4.69, 9.17) is 0 Å². The molecule has 1 rings (SSSR count). The Hall–Kier alpha value is -0.180. The Labute approximate surface area is 85.6 Å². The highest BCUT2D eigenvalue weighted by Gasteiger charge is 2.05. The smallest absolute Gasteiger partial charge is 0.0963 e. The summed E-state index contributed by atoms with van der Waals surface area (Å²) in [5.74, 6) is 1.23. The van der Waals surface area contributed by atoms with Crippen molar-refractivity contribution >= 4 is 17.6 Å². The quantitative estimate of drug-likeness (QED) is 0.756. The van der Waals surface area contributed by atoms with Gasteiger partial charge in [0.05, 0.1) is 5.84 Å². The van der Waals surface area contributed by atoms with Gasteiger partial charge in [-0.15, -0.1) is 0 Å². The van der Waals surface area contributed by atoms with Gasteiger partial charge >= 0.3 is 0 Å². The van der Waals surface area contributed by atoms with Crippen molar-refractivity contribution < 1.29 is 0 Å². The number of thioether (sulfide) groups is 1. The van der Waals surface area contributed by atoms with E-state index in [1.165, 1.54) is 25.1 Å². The predicted molar refractivity (Wildman–Crippen MR) is 61.7 cm³/mol. The second-order valence-electron chi connectivity index (χ2n) is 3.57. The third-order valence-corrected chi connectivity index (χ3v) is 3.34. The van der Waals surface area contributed by atoms with Gasteiger partial charge in [-0.3, -0.25) is 4.99 Å². The first-order valence-corrected chi connectivity index (χ1v) is 6.41. The Morgan fingerprint density at radius 1 is 1.46 bits per heavy atom. The van der Waals surface area contributed by atoms with Gasteiger partial charge in [-0.25, -0.2) is 0 Å². The summed E-state index contributed by atoms with van der Waals surface area (Å²) < 4.78 is 0. The molecule has 1 aliphatic heterocycles. The summed E-state index contributed by atoms with van der Waals surface area (Å²) in [6, 6.07) is 0. The third-order valence-electron chi connectivity index (χ3n) is 2.37. The standard InChI is InChI=1S/C10H20N2S/c1-9(13-2)8-12-10-6-4-3-5-7-11-10/h9H,3-8H2,1-2H3,(H,11,12). The van der Waals surface area contributed by atoms with E-state index in [2.05, 4.69) is 23.5 Å². The normalized spacial score (nSPS) is 20.3. The molecular formula is C10H20N2S. The molecule has 1 unspecified atom stereocenters. The second kappa shape index (κ2) is 6.30. The zero-order valence-electron chi connectivity index (χ0n) is 8.68. The van der Waals surface area contributed by atoms with Crippen LogP contribution in [0.3, 0.4) is 0 Å². The van der Waals surface area contributed by atoms with Gasteiger partial charge in [0, 0.05) is 24.8 Å². The highest BCUT2D eigenvalue weighted by molar-refractivity contribution is 7.99. The Balaban J connectivity index is 2.22. The first-order chi connectivity index (χ1) is 6.33. The maximum atomic E-state index is 4.53. The molecule has 0 aromatic heterocycles. The van der Waals surface area contributed by atoms with E-state index in [0.29, 0.717) is 5.25 Å².